The van der Waals surface area contributed by atoms with Crippen molar-refractivity contribution < 1.29 is 0 Å². The van der Waals surface area contributed by atoms with Crippen LogP contribution in [0.4, 0.5) is 0 Å². The van der Waals surface area contributed by atoms with E-state index in [4.69, 9.17) is 11.6 Å². The number of halogens is 1. The molecule has 1 heterocycles. The number of rotatable bonds is 5. The van der Waals surface area contributed by atoms with Gasteiger partial charge in [0.05, 0.1) is 4.34 Å². The Morgan fingerprint density at radius 1 is 1.43 bits per heavy atom. The predicted octanol–water partition coefficient (Wildman–Crippen LogP) is 3.89. The van der Waals surface area contributed by atoms with Gasteiger partial charge < -0.3 is 5.32 Å². The number of hydrogen-bond acceptors (Lipinski definition) is 2. The third kappa shape index (κ3) is 3.60. The Bertz CT molecular complexity index is 272. The molecule has 0 aliphatic carbocycles. The summed E-state index contributed by atoms with van der Waals surface area (Å²) in [5.74, 6) is 0.599. The van der Waals surface area contributed by atoms with E-state index in [0.717, 1.165) is 10.9 Å². The third-order valence-electron chi connectivity index (χ3n) is 2.34. The third-order valence-corrected chi connectivity index (χ3v) is 3.80. The summed E-state index contributed by atoms with van der Waals surface area (Å²) in [5.41, 5.74) is 0. The summed E-state index contributed by atoms with van der Waals surface area (Å²) in [7, 11) is 0. The Morgan fingerprint density at radius 3 is 2.64 bits per heavy atom. The first kappa shape index (κ1) is 12.0. The van der Waals surface area contributed by atoms with Gasteiger partial charge in [0.15, 0.2) is 0 Å². The van der Waals surface area contributed by atoms with E-state index in [1.165, 1.54) is 11.3 Å². The van der Waals surface area contributed by atoms with Gasteiger partial charge in [0.25, 0.3) is 0 Å². The fourth-order valence-corrected chi connectivity index (χ4v) is 2.80. The van der Waals surface area contributed by atoms with Crippen molar-refractivity contribution in [1.29, 1.82) is 0 Å². The average molecular weight is 232 g/mol. The van der Waals surface area contributed by atoms with E-state index in [1.807, 2.05) is 6.07 Å². The lowest BCUT2D eigenvalue weighted by molar-refractivity contribution is 0.494. The second-order valence-electron chi connectivity index (χ2n) is 3.74. The maximum absolute atomic E-state index is 5.91. The van der Waals surface area contributed by atoms with Crippen molar-refractivity contribution in [2.75, 3.05) is 6.54 Å². The van der Waals surface area contributed by atoms with Crippen molar-refractivity contribution in [1.82, 2.24) is 5.32 Å². The van der Waals surface area contributed by atoms with E-state index < -0.39 is 0 Å². The van der Waals surface area contributed by atoms with Gasteiger partial charge in [0, 0.05) is 10.9 Å². The van der Waals surface area contributed by atoms with Crippen LogP contribution in [0.1, 0.15) is 38.0 Å². The molecule has 0 saturated carbocycles. The maximum atomic E-state index is 5.91. The van der Waals surface area contributed by atoms with E-state index >= 15 is 0 Å². The first-order chi connectivity index (χ1) is 6.63. The molecular formula is C11H18ClNS. The van der Waals surface area contributed by atoms with Gasteiger partial charge in [-0.05, 0) is 37.9 Å². The molecule has 0 aliphatic heterocycles. The van der Waals surface area contributed by atoms with Crippen molar-refractivity contribution in [3.05, 3.63) is 21.3 Å². The van der Waals surface area contributed by atoms with E-state index in [9.17, 15) is 0 Å². The normalized spacial score (nSPS) is 15.4. The summed E-state index contributed by atoms with van der Waals surface area (Å²) in [6.07, 6.45) is 1.17. The van der Waals surface area contributed by atoms with Crippen LogP contribution in [0.15, 0.2) is 12.1 Å². The van der Waals surface area contributed by atoms with E-state index in [2.05, 4.69) is 32.2 Å². The Kier molecular flexibility index (Phi) is 4.93. The molecule has 14 heavy (non-hydrogen) atoms. The lowest BCUT2D eigenvalue weighted by atomic mass is 10.0. The first-order valence-corrected chi connectivity index (χ1v) is 6.31. The van der Waals surface area contributed by atoms with Crippen LogP contribution in [0.25, 0.3) is 0 Å². The number of hydrogen-bond donors (Lipinski definition) is 1. The van der Waals surface area contributed by atoms with E-state index in [1.54, 1.807) is 11.3 Å². The minimum absolute atomic E-state index is 0.580. The van der Waals surface area contributed by atoms with Crippen LogP contribution in [0.5, 0.6) is 0 Å². The molecule has 3 heteroatoms. The second-order valence-corrected chi connectivity index (χ2v) is 5.48. The molecule has 2 atom stereocenters. The lowest BCUT2D eigenvalue weighted by Crippen LogP contribution is -2.26. The zero-order valence-corrected chi connectivity index (χ0v) is 10.6. The first-order valence-electron chi connectivity index (χ1n) is 5.12. The monoisotopic (exact) mass is 231 g/mol. The lowest BCUT2D eigenvalue weighted by Gasteiger charge is -2.16. The van der Waals surface area contributed by atoms with E-state index in [-0.39, 0.29) is 0 Å². The van der Waals surface area contributed by atoms with Crippen LogP contribution in [-0.2, 0) is 0 Å². The highest BCUT2D eigenvalue weighted by Crippen LogP contribution is 2.30. The minimum Gasteiger partial charge on any atom is -0.315 e. The van der Waals surface area contributed by atoms with Crippen molar-refractivity contribution >= 4 is 22.9 Å². The van der Waals surface area contributed by atoms with Crippen LogP contribution in [0, 0.1) is 0 Å². The van der Waals surface area contributed by atoms with Crippen LogP contribution >= 0.6 is 22.9 Å². The minimum atomic E-state index is 0.580. The number of thiophene rings is 1. The van der Waals surface area contributed by atoms with Crippen LogP contribution < -0.4 is 5.32 Å². The van der Waals surface area contributed by atoms with Gasteiger partial charge in [-0.2, -0.15) is 0 Å². The van der Waals surface area contributed by atoms with Crippen molar-refractivity contribution in [2.45, 2.75) is 39.2 Å². The smallest absolute Gasteiger partial charge is 0.0931 e. The molecule has 1 aromatic heterocycles. The fourth-order valence-electron chi connectivity index (χ4n) is 1.67. The number of nitrogens with one attached hydrogen (secondary N) is 1. The molecule has 0 aromatic carbocycles. The molecule has 0 radical (unpaired) electrons. The topological polar surface area (TPSA) is 12.0 Å². The van der Waals surface area contributed by atoms with Crippen molar-refractivity contribution in [2.24, 2.45) is 0 Å². The molecule has 0 bridgehead atoms. The molecular weight excluding hydrogens is 214 g/mol. The van der Waals surface area contributed by atoms with Gasteiger partial charge in [-0.3, -0.25) is 0 Å². The van der Waals surface area contributed by atoms with Gasteiger partial charge in [-0.25, -0.2) is 0 Å². The molecule has 0 spiro atoms. The van der Waals surface area contributed by atoms with Gasteiger partial charge in [-0.15, -0.1) is 11.3 Å². The van der Waals surface area contributed by atoms with Crippen LogP contribution in [-0.4, -0.2) is 12.6 Å². The highest BCUT2D eigenvalue weighted by Gasteiger charge is 2.11. The Hall–Kier alpha value is -0.0500. The van der Waals surface area contributed by atoms with Crippen LogP contribution in [0.2, 0.25) is 4.34 Å². The summed E-state index contributed by atoms with van der Waals surface area (Å²) in [6, 6.07) is 4.70. The zero-order chi connectivity index (χ0) is 10.6. The molecule has 2 unspecified atom stereocenters. The molecule has 1 aromatic rings. The maximum Gasteiger partial charge on any atom is 0.0931 e. The van der Waals surface area contributed by atoms with Crippen LogP contribution in [0.3, 0.4) is 0 Å². The van der Waals surface area contributed by atoms with E-state index in [0.29, 0.717) is 12.0 Å². The Labute approximate surface area is 95.5 Å². The molecule has 1 rings (SSSR count). The largest absolute Gasteiger partial charge is 0.315 e. The predicted molar refractivity (Wildman–Crippen MR) is 65.5 cm³/mol. The molecule has 1 nitrogen and oxygen atoms in total. The van der Waals surface area contributed by atoms with Gasteiger partial charge in [0.2, 0.25) is 0 Å². The summed E-state index contributed by atoms with van der Waals surface area (Å²) < 4.78 is 0.892. The average Bonchev–Trinajstić information content (AvgIpc) is 2.52. The molecule has 0 fully saturated rings. The summed E-state index contributed by atoms with van der Waals surface area (Å²) in [6.45, 7) is 7.67. The molecule has 0 aliphatic rings. The second kappa shape index (κ2) is 5.74. The highest BCUT2D eigenvalue weighted by molar-refractivity contribution is 7.16. The molecule has 80 valence electrons. The van der Waals surface area contributed by atoms with Crippen molar-refractivity contribution in [3.63, 3.8) is 0 Å². The van der Waals surface area contributed by atoms with Gasteiger partial charge in [-0.1, -0.05) is 25.4 Å². The van der Waals surface area contributed by atoms with Gasteiger partial charge in [0.1, 0.15) is 0 Å². The summed E-state index contributed by atoms with van der Waals surface area (Å²) in [4.78, 5) is 1.39. The highest BCUT2D eigenvalue weighted by atomic mass is 35.5. The zero-order valence-electron chi connectivity index (χ0n) is 9.01. The molecule has 0 saturated heterocycles. The summed E-state index contributed by atoms with van der Waals surface area (Å²) in [5, 5.41) is 3.42. The standard InChI is InChI=1S/C11H18ClNS/c1-4-13-9(3)7-8(2)10-5-6-11(12)14-10/h5-6,8-9,13H,4,7H2,1-3H3. The fraction of sp³-hybridized carbons (Fsp3) is 0.636. The van der Waals surface area contributed by atoms with Gasteiger partial charge >= 0.3 is 0 Å². The Morgan fingerprint density at radius 2 is 2.14 bits per heavy atom. The van der Waals surface area contributed by atoms with Crippen molar-refractivity contribution in [3.8, 4) is 0 Å². The molecule has 1 N–H and O–H groups in total. The Balaban J connectivity index is 2.45. The summed E-state index contributed by atoms with van der Waals surface area (Å²) >= 11 is 7.60. The SMILES string of the molecule is CCNC(C)CC(C)c1ccc(Cl)s1. The quantitative estimate of drug-likeness (QED) is 0.811. The molecule has 0 amide bonds.